The van der Waals surface area contributed by atoms with Crippen LogP contribution in [-0.4, -0.2) is 14.2 Å². The third-order valence-electron chi connectivity index (χ3n) is 3.42. The Kier molecular flexibility index (Phi) is 4.61. The van der Waals surface area contributed by atoms with Crippen LogP contribution in [0.15, 0.2) is 42.5 Å². The maximum Gasteiger partial charge on any atom is 0.127 e. The van der Waals surface area contributed by atoms with Gasteiger partial charge in [0.05, 0.1) is 25.8 Å². The topological polar surface area (TPSA) is 56.5 Å². The first-order valence-corrected chi connectivity index (χ1v) is 6.45. The van der Waals surface area contributed by atoms with Crippen molar-refractivity contribution in [3.8, 4) is 11.5 Å². The largest absolute Gasteiger partial charge is 0.496 e. The normalized spacial score (nSPS) is 12.0. The highest BCUT2D eigenvalue weighted by atomic mass is 16.5. The van der Waals surface area contributed by atoms with Crippen molar-refractivity contribution < 1.29 is 9.47 Å². The molecule has 0 aliphatic heterocycles. The van der Waals surface area contributed by atoms with Crippen LogP contribution in [0, 0.1) is 6.92 Å². The second-order valence-corrected chi connectivity index (χ2v) is 4.53. The molecule has 0 saturated carbocycles. The number of aryl methyl sites for hydroxylation is 1. The number of methoxy groups -OCH3 is 2. The van der Waals surface area contributed by atoms with Crippen molar-refractivity contribution in [2.45, 2.75) is 13.0 Å². The molecule has 20 heavy (non-hydrogen) atoms. The van der Waals surface area contributed by atoms with Crippen LogP contribution in [0.2, 0.25) is 0 Å². The smallest absolute Gasteiger partial charge is 0.127 e. The quantitative estimate of drug-likeness (QED) is 0.649. The Bertz CT molecular complexity index is 562. The van der Waals surface area contributed by atoms with Crippen molar-refractivity contribution >= 4 is 0 Å². The molecule has 2 aromatic rings. The number of nitrogens with two attached hydrogens (primary N) is 1. The van der Waals surface area contributed by atoms with E-state index in [4.69, 9.17) is 15.3 Å². The summed E-state index contributed by atoms with van der Waals surface area (Å²) in [6.45, 7) is 2.06. The van der Waals surface area contributed by atoms with E-state index in [2.05, 4.69) is 18.4 Å². The molecular weight excluding hydrogens is 252 g/mol. The summed E-state index contributed by atoms with van der Waals surface area (Å²) in [5.41, 5.74) is 6.01. The molecule has 2 aromatic carbocycles. The van der Waals surface area contributed by atoms with Gasteiger partial charge in [-0.05, 0) is 30.2 Å². The van der Waals surface area contributed by atoms with Crippen LogP contribution >= 0.6 is 0 Å². The van der Waals surface area contributed by atoms with Crippen LogP contribution in [0.5, 0.6) is 11.5 Å². The molecule has 0 aliphatic rings. The molecule has 0 aliphatic carbocycles. The molecule has 0 spiro atoms. The fourth-order valence-corrected chi connectivity index (χ4v) is 2.40. The van der Waals surface area contributed by atoms with Gasteiger partial charge in [0.25, 0.3) is 0 Å². The summed E-state index contributed by atoms with van der Waals surface area (Å²) in [5, 5.41) is 0. The van der Waals surface area contributed by atoms with E-state index in [1.165, 1.54) is 0 Å². The molecule has 0 heterocycles. The van der Waals surface area contributed by atoms with E-state index in [0.29, 0.717) is 0 Å². The summed E-state index contributed by atoms with van der Waals surface area (Å²) < 4.78 is 10.9. The van der Waals surface area contributed by atoms with E-state index in [0.717, 1.165) is 28.2 Å². The number of ether oxygens (including phenoxy) is 2. The Morgan fingerprint density at radius 2 is 1.55 bits per heavy atom. The zero-order valence-electron chi connectivity index (χ0n) is 12.0. The molecule has 0 bridgehead atoms. The molecule has 4 nitrogen and oxygen atoms in total. The fourth-order valence-electron chi connectivity index (χ4n) is 2.40. The van der Waals surface area contributed by atoms with Gasteiger partial charge in [0, 0.05) is 0 Å². The summed E-state index contributed by atoms with van der Waals surface area (Å²) in [4.78, 5) is 0. The first-order chi connectivity index (χ1) is 9.72. The third kappa shape index (κ3) is 2.61. The van der Waals surface area contributed by atoms with Crippen molar-refractivity contribution in [3.05, 3.63) is 59.2 Å². The molecule has 1 atom stereocenters. The van der Waals surface area contributed by atoms with Gasteiger partial charge in [0.2, 0.25) is 0 Å². The van der Waals surface area contributed by atoms with Crippen LogP contribution in [-0.2, 0) is 0 Å². The highest BCUT2D eigenvalue weighted by molar-refractivity contribution is 5.51. The SMILES string of the molecule is COc1cccc(OC)c1C(NN)c1ccccc1C. The van der Waals surface area contributed by atoms with Gasteiger partial charge in [-0.1, -0.05) is 30.3 Å². The van der Waals surface area contributed by atoms with Crippen LogP contribution in [0.3, 0.4) is 0 Å². The minimum Gasteiger partial charge on any atom is -0.496 e. The monoisotopic (exact) mass is 272 g/mol. The number of hydrogen-bond donors (Lipinski definition) is 2. The summed E-state index contributed by atoms with van der Waals surface area (Å²) in [6.07, 6.45) is 0. The lowest BCUT2D eigenvalue weighted by Crippen LogP contribution is -2.30. The van der Waals surface area contributed by atoms with Gasteiger partial charge in [-0.25, -0.2) is 5.43 Å². The van der Waals surface area contributed by atoms with E-state index < -0.39 is 0 Å². The third-order valence-corrected chi connectivity index (χ3v) is 3.42. The molecular formula is C16H20N2O2. The molecule has 2 rings (SSSR count). The van der Waals surface area contributed by atoms with E-state index in [1.807, 2.05) is 36.4 Å². The number of hydrogen-bond acceptors (Lipinski definition) is 4. The zero-order chi connectivity index (χ0) is 14.5. The molecule has 0 aromatic heterocycles. The molecule has 0 saturated heterocycles. The lowest BCUT2D eigenvalue weighted by molar-refractivity contribution is 0.377. The molecule has 0 fully saturated rings. The Hall–Kier alpha value is -2.04. The van der Waals surface area contributed by atoms with Gasteiger partial charge < -0.3 is 9.47 Å². The van der Waals surface area contributed by atoms with Gasteiger partial charge in [0.15, 0.2) is 0 Å². The highest BCUT2D eigenvalue weighted by Crippen LogP contribution is 2.37. The van der Waals surface area contributed by atoms with Crippen LogP contribution in [0.4, 0.5) is 0 Å². The molecule has 3 N–H and O–H groups in total. The maximum absolute atomic E-state index is 5.79. The Morgan fingerprint density at radius 3 is 2.05 bits per heavy atom. The van der Waals surface area contributed by atoms with Gasteiger partial charge in [0.1, 0.15) is 11.5 Å². The highest BCUT2D eigenvalue weighted by Gasteiger charge is 2.22. The Balaban J connectivity index is 2.60. The summed E-state index contributed by atoms with van der Waals surface area (Å²) in [5.74, 6) is 7.28. The maximum atomic E-state index is 5.79. The van der Waals surface area contributed by atoms with Gasteiger partial charge in [-0.15, -0.1) is 0 Å². The van der Waals surface area contributed by atoms with Crippen LogP contribution in [0.1, 0.15) is 22.7 Å². The lowest BCUT2D eigenvalue weighted by atomic mass is 9.94. The minimum absolute atomic E-state index is 0.192. The van der Waals surface area contributed by atoms with Gasteiger partial charge >= 0.3 is 0 Å². The number of benzene rings is 2. The van der Waals surface area contributed by atoms with Crippen molar-refractivity contribution in [2.75, 3.05) is 14.2 Å². The van der Waals surface area contributed by atoms with Crippen molar-refractivity contribution in [1.82, 2.24) is 5.43 Å². The van der Waals surface area contributed by atoms with Gasteiger partial charge in [-0.3, -0.25) is 5.84 Å². The van der Waals surface area contributed by atoms with Crippen molar-refractivity contribution in [3.63, 3.8) is 0 Å². The predicted molar refractivity (Wildman–Crippen MR) is 79.9 cm³/mol. The van der Waals surface area contributed by atoms with E-state index in [1.54, 1.807) is 14.2 Å². The standard InChI is InChI=1S/C16H20N2O2/c1-11-7-4-5-8-12(11)16(18-17)15-13(19-2)9-6-10-14(15)20-3/h4-10,16,18H,17H2,1-3H3. The second-order valence-electron chi connectivity index (χ2n) is 4.53. The van der Waals surface area contributed by atoms with Crippen LogP contribution < -0.4 is 20.7 Å². The van der Waals surface area contributed by atoms with E-state index in [9.17, 15) is 0 Å². The molecule has 4 heteroatoms. The number of nitrogens with one attached hydrogen (secondary N) is 1. The van der Waals surface area contributed by atoms with Crippen molar-refractivity contribution in [1.29, 1.82) is 0 Å². The predicted octanol–water partition coefficient (Wildman–Crippen LogP) is 2.56. The average molecular weight is 272 g/mol. The Labute approximate surface area is 119 Å². The first kappa shape index (κ1) is 14.4. The fraction of sp³-hybridized carbons (Fsp3) is 0.250. The molecule has 0 amide bonds. The summed E-state index contributed by atoms with van der Waals surface area (Å²) >= 11 is 0. The lowest BCUT2D eigenvalue weighted by Gasteiger charge is -2.23. The molecule has 0 radical (unpaired) electrons. The number of rotatable bonds is 5. The van der Waals surface area contributed by atoms with Crippen molar-refractivity contribution in [2.24, 2.45) is 5.84 Å². The second kappa shape index (κ2) is 6.41. The zero-order valence-corrected chi connectivity index (χ0v) is 12.0. The summed E-state index contributed by atoms with van der Waals surface area (Å²) in [7, 11) is 3.29. The molecule has 106 valence electrons. The Morgan fingerprint density at radius 1 is 0.950 bits per heavy atom. The average Bonchev–Trinajstić information content (AvgIpc) is 2.49. The van der Waals surface area contributed by atoms with Gasteiger partial charge in [-0.2, -0.15) is 0 Å². The summed E-state index contributed by atoms with van der Waals surface area (Å²) in [6, 6.07) is 13.6. The van der Waals surface area contributed by atoms with Crippen LogP contribution in [0.25, 0.3) is 0 Å². The molecule has 1 unspecified atom stereocenters. The number of hydrazine groups is 1. The minimum atomic E-state index is -0.192. The van der Waals surface area contributed by atoms with E-state index >= 15 is 0 Å². The first-order valence-electron chi connectivity index (χ1n) is 6.45. The van der Waals surface area contributed by atoms with E-state index in [-0.39, 0.29) is 6.04 Å².